The Balaban J connectivity index is 1.89. The Morgan fingerprint density at radius 2 is 1.81 bits per heavy atom. The van der Waals surface area contributed by atoms with E-state index < -0.39 is 5.54 Å². The van der Waals surface area contributed by atoms with Gasteiger partial charge in [-0.25, -0.2) is 0 Å². The molecular weight excluding hydrogens is 264 g/mol. The first-order chi connectivity index (χ1) is 10.0. The molecule has 0 aromatic rings. The molecule has 2 aliphatic rings. The van der Waals surface area contributed by atoms with E-state index in [0.29, 0.717) is 18.6 Å². The summed E-state index contributed by atoms with van der Waals surface area (Å²) in [4.78, 5) is 14.5. The van der Waals surface area contributed by atoms with Gasteiger partial charge in [-0.1, -0.05) is 25.7 Å². The molecule has 118 valence electrons. The number of hydrogen-bond donors (Lipinski definition) is 2. The highest BCUT2D eigenvalue weighted by Crippen LogP contribution is 2.26. The van der Waals surface area contributed by atoms with E-state index in [0.717, 1.165) is 38.8 Å². The highest BCUT2D eigenvalue weighted by atomic mass is 16.2. The Morgan fingerprint density at radius 3 is 2.33 bits per heavy atom. The number of hydrogen-bond acceptors (Lipinski definition) is 4. The first-order valence-electron chi connectivity index (χ1n) is 8.24. The normalized spacial score (nSPS) is 30.1. The van der Waals surface area contributed by atoms with Crippen molar-refractivity contribution in [1.29, 1.82) is 5.26 Å². The molecule has 0 radical (unpaired) electrons. The number of rotatable bonds is 3. The molecule has 1 saturated heterocycles. The highest BCUT2D eigenvalue weighted by molar-refractivity contribution is 5.79. The van der Waals surface area contributed by atoms with E-state index in [2.05, 4.69) is 35.5 Å². The van der Waals surface area contributed by atoms with Gasteiger partial charge in [-0.3, -0.25) is 9.69 Å². The van der Waals surface area contributed by atoms with Gasteiger partial charge in [0.05, 0.1) is 12.6 Å². The molecule has 1 aliphatic carbocycles. The van der Waals surface area contributed by atoms with Gasteiger partial charge in [0, 0.05) is 25.2 Å². The molecule has 2 N–H and O–H groups in total. The molecule has 2 atom stereocenters. The second kappa shape index (κ2) is 7.24. The van der Waals surface area contributed by atoms with Gasteiger partial charge >= 0.3 is 0 Å². The van der Waals surface area contributed by atoms with E-state index in [9.17, 15) is 10.1 Å². The van der Waals surface area contributed by atoms with Crippen LogP contribution in [0.3, 0.4) is 0 Å². The van der Waals surface area contributed by atoms with Gasteiger partial charge in [0.2, 0.25) is 5.91 Å². The molecule has 21 heavy (non-hydrogen) atoms. The smallest absolute Gasteiger partial charge is 0.235 e. The van der Waals surface area contributed by atoms with Gasteiger partial charge < -0.3 is 10.6 Å². The summed E-state index contributed by atoms with van der Waals surface area (Å²) < 4.78 is 0. The zero-order valence-corrected chi connectivity index (χ0v) is 13.3. The van der Waals surface area contributed by atoms with Gasteiger partial charge in [-0.15, -0.1) is 0 Å². The molecule has 1 saturated carbocycles. The summed E-state index contributed by atoms with van der Waals surface area (Å²) in [5.41, 5.74) is -0.626. The van der Waals surface area contributed by atoms with Crippen molar-refractivity contribution in [1.82, 2.24) is 15.5 Å². The van der Waals surface area contributed by atoms with E-state index in [1.54, 1.807) is 0 Å². The van der Waals surface area contributed by atoms with Crippen LogP contribution in [0.5, 0.6) is 0 Å². The fraction of sp³-hybridized carbons (Fsp3) is 0.875. The van der Waals surface area contributed by atoms with Crippen LogP contribution in [0.1, 0.15) is 52.4 Å². The van der Waals surface area contributed by atoms with E-state index in [1.807, 2.05) is 0 Å². The lowest BCUT2D eigenvalue weighted by Crippen LogP contribution is -2.57. The third-order valence-corrected chi connectivity index (χ3v) is 4.55. The number of amides is 1. The summed E-state index contributed by atoms with van der Waals surface area (Å²) in [6, 6.07) is 3.19. The van der Waals surface area contributed by atoms with Crippen molar-refractivity contribution < 1.29 is 4.79 Å². The first kappa shape index (κ1) is 16.3. The second-order valence-corrected chi connectivity index (χ2v) is 6.82. The molecule has 5 nitrogen and oxygen atoms in total. The Labute approximate surface area is 128 Å². The first-order valence-corrected chi connectivity index (χ1v) is 8.24. The number of nitriles is 1. The van der Waals surface area contributed by atoms with Crippen molar-refractivity contribution in [2.24, 2.45) is 0 Å². The van der Waals surface area contributed by atoms with Crippen LogP contribution in [-0.2, 0) is 4.79 Å². The predicted octanol–water partition coefficient (Wildman–Crippen LogP) is 1.40. The summed E-state index contributed by atoms with van der Waals surface area (Å²) in [6.07, 6.45) is 6.01. The van der Waals surface area contributed by atoms with E-state index >= 15 is 0 Å². The van der Waals surface area contributed by atoms with Gasteiger partial charge in [0.15, 0.2) is 0 Å². The molecule has 1 aliphatic heterocycles. The van der Waals surface area contributed by atoms with Gasteiger partial charge in [0.25, 0.3) is 0 Å². The maximum atomic E-state index is 12.3. The Bertz CT molecular complexity index is 386. The third-order valence-electron chi connectivity index (χ3n) is 4.55. The van der Waals surface area contributed by atoms with Crippen molar-refractivity contribution in [3.8, 4) is 6.07 Å². The molecule has 2 unspecified atom stereocenters. The van der Waals surface area contributed by atoms with E-state index in [4.69, 9.17) is 0 Å². The molecule has 5 heteroatoms. The summed E-state index contributed by atoms with van der Waals surface area (Å²) in [5.74, 6) is -0.000231. The molecule has 0 bridgehead atoms. The predicted molar refractivity (Wildman–Crippen MR) is 82.7 cm³/mol. The molecule has 1 amide bonds. The van der Waals surface area contributed by atoms with Crippen molar-refractivity contribution >= 4 is 5.91 Å². The highest BCUT2D eigenvalue weighted by Gasteiger charge is 2.33. The average molecular weight is 292 g/mol. The van der Waals surface area contributed by atoms with Crippen molar-refractivity contribution in [3.63, 3.8) is 0 Å². The number of carbonyl (C=O) groups excluding carboxylic acids is 1. The number of carbonyl (C=O) groups is 1. The van der Waals surface area contributed by atoms with Crippen molar-refractivity contribution in [3.05, 3.63) is 0 Å². The standard InChI is InChI=1S/C16H28N4O/c1-13-9-20(10-14(2)18-13)11-15(21)19-16(12-17)7-5-3-4-6-8-16/h13-14,18H,3-11H2,1-2H3,(H,19,21). The van der Waals surface area contributed by atoms with Crippen LogP contribution < -0.4 is 10.6 Å². The molecule has 2 fully saturated rings. The minimum absolute atomic E-state index is 0.000231. The number of nitrogens with one attached hydrogen (secondary N) is 2. The van der Waals surface area contributed by atoms with Crippen LogP contribution in [0.2, 0.25) is 0 Å². The number of piperazine rings is 1. The molecular formula is C16H28N4O. The minimum atomic E-state index is -0.626. The van der Waals surface area contributed by atoms with Gasteiger partial charge in [-0.05, 0) is 26.7 Å². The quantitative estimate of drug-likeness (QED) is 0.772. The van der Waals surface area contributed by atoms with Crippen LogP contribution >= 0.6 is 0 Å². The van der Waals surface area contributed by atoms with Crippen molar-refractivity contribution in [2.45, 2.75) is 70.0 Å². The largest absolute Gasteiger partial charge is 0.337 e. The van der Waals surface area contributed by atoms with Crippen molar-refractivity contribution in [2.75, 3.05) is 19.6 Å². The monoisotopic (exact) mass is 292 g/mol. The molecule has 1 heterocycles. The Hall–Kier alpha value is -1.12. The molecule has 0 spiro atoms. The average Bonchev–Trinajstić information content (AvgIpc) is 2.63. The van der Waals surface area contributed by atoms with E-state index in [-0.39, 0.29) is 5.91 Å². The van der Waals surface area contributed by atoms with Crippen LogP contribution in [0, 0.1) is 11.3 Å². The van der Waals surface area contributed by atoms with Gasteiger partial charge in [-0.2, -0.15) is 5.26 Å². The topological polar surface area (TPSA) is 68.2 Å². The summed E-state index contributed by atoms with van der Waals surface area (Å²) >= 11 is 0. The summed E-state index contributed by atoms with van der Waals surface area (Å²) in [5, 5.41) is 16.0. The lowest BCUT2D eigenvalue weighted by Gasteiger charge is -2.36. The SMILES string of the molecule is CC1CN(CC(=O)NC2(C#N)CCCCCC2)CC(C)N1. The van der Waals surface area contributed by atoms with Crippen LogP contribution in [0.15, 0.2) is 0 Å². The number of nitrogens with zero attached hydrogens (tertiary/aromatic N) is 2. The summed E-state index contributed by atoms with van der Waals surface area (Å²) in [7, 11) is 0. The minimum Gasteiger partial charge on any atom is -0.337 e. The molecule has 0 aromatic heterocycles. The maximum absolute atomic E-state index is 12.3. The van der Waals surface area contributed by atoms with Crippen LogP contribution in [0.25, 0.3) is 0 Å². The van der Waals surface area contributed by atoms with Crippen LogP contribution in [-0.4, -0.2) is 48.1 Å². The maximum Gasteiger partial charge on any atom is 0.235 e. The van der Waals surface area contributed by atoms with Gasteiger partial charge in [0.1, 0.15) is 5.54 Å². The van der Waals surface area contributed by atoms with Crippen LogP contribution in [0.4, 0.5) is 0 Å². The Morgan fingerprint density at radius 1 is 1.24 bits per heavy atom. The molecule has 2 rings (SSSR count). The fourth-order valence-corrected chi connectivity index (χ4v) is 3.68. The third kappa shape index (κ3) is 4.69. The fourth-order valence-electron chi connectivity index (χ4n) is 3.68. The molecule has 0 aromatic carbocycles. The zero-order chi connectivity index (χ0) is 15.3. The van der Waals surface area contributed by atoms with E-state index in [1.165, 1.54) is 12.8 Å². The zero-order valence-electron chi connectivity index (χ0n) is 13.3. The Kier molecular flexibility index (Phi) is 5.60. The second-order valence-electron chi connectivity index (χ2n) is 6.82. The lowest BCUT2D eigenvalue weighted by molar-refractivity contribution is -0.124. The lowest BCUT2D eigenvalue weighted by atomic mass is 9.92. The summed E-state index contributed by atoms with van der Waals surface area (Å²) in [6.45, 7) is 6.46.